The fourth-order valence-corrected chi connectivity index (χ4v) is 1.89. The zero-order valence-electron chi connectivity index (χ0n) is 13.9. The zero-order valence-corrected chi connectivity index (χ0v) is 13.9. The van der Waals surface area contributed by atoms with Crippen molar-refractivity contribution in [2.45, 2.75) is 0 Å². The molecule has 0 aliphatic carbocycles. The Kier molecular flexibility index (Phi) is 6.84. The summed E-state index contributed by atoms with van der Waals surface area (Å²) in [5, 5.41) is 12.9. The molecule has 3 amide bonds. The molecule has 0 bridgehead atoms. The minimum atomic E-state index is -0.972. The quantitative estimate of drug-likeness (QED) is 0.750. The molecule has 2 N–H and O–H groups in total. The lowest BCUT2D eigenvalue weighted by Crippen LogP contribution is -2.37. The minimum Gasteiger partial charge on any atom is -0.481 e. The van der Waals surface area contributed by atoms with Crippen LogP contribution in [0.3, 0.4) is 0 Å². The lowest BCUT2D eigenvalue weighted by atomic mass is 10.2. The van der Waals surface area contributed by atoms with E-state index in [1.165, 1.54) is 30.3 Å². The predicted octanol–water partition coefficient (Wildman–Crippen LogP) is 1.97. The number of hydrogen-bond donors (Lipinski definition) is 2. The van der Waals surface area contributed by atoms with E-state index in [-0.39, 0.29) is 17.0 Å². The third kappa shape index (κ3) is 6.13. The summed E-state index contributed by atoms with van der Waals surface area (Å²) in [7, 11) is 0. The maximum atomic E-state index is 13.4. The van der Waals surface area contributed by atoms with Crippen LogP contribution in [0.2, 0.25) is 0 Å². The van der Waals surface area contributed by atoms with Gasteiger partial charge in [-0.2, -0.15) is 5.26 Å². The summed E-state index contributed by atoms with van der Waals surface area (Å²) in [5.74, 6) is -2.24. The number of rotatable bonds is 6. The number of ether oxygens (including phenoxy) is 2. The molecule has 8 nitrogen and oxygen atoms in total. The number of carbonyl (C=O) groups is 3. The molecule has 138 valence electrons. The van der Waals surface area contributed by atoms with Crippen molar-refractivity contribution in [3.05, 3.63) is 59.9 Å². The maximum Gasteiger partial charge on any atom is 0.344 e. The zero-order chi connectivity index (χ0) is 19.6. The Morgan fingerprint density at radius 1 is 1.04 bits per heavy atom. The standard InChI is InChI=1S/C18H14FN3O5/c19-13-6-2-3-7-14(13)21-18(25)22-16(23)10-27-17(24)11-26-15-8-4-1-5-12(15)9-20/h1-8H,10-11H2,(H2,21,22,23,25). The Labute approximate surface area is 153 Å². The molecule has 0 aromatic heterocycles. The van der Waals surface area contributed by atoms with E-state index < -0.39 is 36.9 Å². The van der Waals surface area contributed by atoms with E-state index in [9.17, 15) is 18.8 Å². The molecule has 0 radical (unpaired) electrons. The monoisotopic (exact) mass is 371 g/mol. The van der Waals surface area contributed by atoms with Crippen molar-refractivity contribution in [3.8, 4) is 11.8 Å². The van der Waals surface area contributed by atoms with Crippen LogP contribution >= 0.6 is 0 Å². The fourth-order valence-electron chi connectivity index (χ4n) is 1.89. The molecule has 0 aliphatic heterocycles. The maximum absolute atomic E-state index is 13.4. The van der Waals surface area contributed by atoms with Gasteiger partial charge in [0.2, 0.25) is 0 Å². The van der Waals surface area contributed by atoms with Crippen LogP contribution in [0, 0.1) is 17.1 Å². The van der Waals surface area contributed by atoms with Crippen LogP contribution < -0.4 is 15.4 Å². The number of nitrogens with zero attached hydrogens (tertiary/aromatic N) is 1. The van der Waals surface area contributed by atoms with Crippen LogP contribution in [0.15, 0.2) is 48.5 Å². The highest BCUT2D eigenvalue weighted by Crippen LogP contribution is 2.16. The van der Waals surface area contributed by atoms with Gasteiger partial charge in [-0.05, 0) is 24.3 Å². The molecular formula is C18H14FN3O5. The number of urea groups is 1. The van der Waals surface area contributed by atoms with Crippen molar-refractivity contribution in [3.63, 3.8) is 0 Å². The summed E-state index contributed by atoms with van der Waals surface area (Å²) in [6.07, 6.45) is 0. The lowest BCUT2D eigenvalue weighted by Gasteiger charge is -2.09. The van der Waals surface area contributed by atoms with Gasteiger partial charge >= 0.3 is 12.0 Å². The average Bonchev–Trinajstić information content (AvgIpc) is 2.66. The largest absolute Gasteiger partial charge is 0.481 e. The first-order valence-electron chi connectivity index (χ1n) is 7.62. The highest BCUT2D eigenvalue weighted by atomic mass is 19.1. The molecule has 0 unspecified atom stereocenters. The molecule has 0 atom stereocenters. The summed E-state index contributed by atoms with van der Waals surface area (Å²) in [6, 6.07) is 12.6. The SMILES string of the molecule is N#Cc1ccccc1OCC(=O)OCC(=O)NC(=O)Nc1ccccc1F. The van der Waals surface area contributed by atoms with Crippen LogP contribution in [-0.2, 0) is 14.3 Å². The number of halogens is 1. The van der Waals surface area contributed by atoms with Crippen molar-refractivity contribution in [1.82, 2.24) is 5.32 Å². The second-order valence-corrected chi connectivity index (χ2v) is 5.04. The molecule has 0 spiro atoms. The Hall–Kier alpha value is -3.93. The first-order chi connectivity index (χ1) is 13.0. The molecule has 0 saturated carbocycles. The third-order valence-electron chi connectivity index (χ3n) is 3.09. The van der Waals surface area contributed by atoms with Crippen LogP contribution in [-0.4, -0.2) is 31.1 Å². The van der Waals surface area contributed by atoms with Crippen molar-refractivity contribution >= 4 is 23.6 Å². The Morgan fingerprint density at radius 2 is 1.74 bits per heavy atom. The smallest absolute Gasteiger partial charge is 0.344 e. The summed E-state index contributed by atoms with van der Waals surface area (Å²) in [6.45, 7) is -1.25. The van der Waals surface area contributed by atoms with E-state index in [1.807, 2.05) is 11.4 Å². The normalized spacial score (nSPS) is 9.63. The van der Waals surface area contributed by atoms with Crippen LogP contribution in [0.5, 0.6) is 5.75 Å². The molecule has 0 aliphatic rings. The summed E-state index contributed by atoms with van der Waals surface area (Å²) >= 11 is 0. The van der Waals surface area contributed by atoms with Crippen molar-refractivity contribution in [2.24, 2.45) is 0 Å². The van der Waals surface area contributed by atoms with Crippen molar-refractivity contribution in [1.29, 1.82) is 5.26 Å². The first kappa shape index (κ1) is 19.4. The highest BCUT2D eigenvalue weighted by Gasteiger charge is 2.13. The van der Waals surface area contributed by atoms with E-state index in [0.717, 1.165) is 6.07 Å². The number of carbonyl (C=O) groups excluding carboxylic acids is 3. The van der Waals surface area contributed by atoms with Gasteiger partial charge in [-0.3, -0.25) is 10.1 Å². The first-order valence-corrected chi connectivity index (χ1v) is 7.62. The number of anilines is 1. The number of nitrogens with one attached hydrogen (secondary N) is 2. The summed E-state index contributed by atoms with van der Waals surface area (Å²) in [5.41, 5.74) is 0.136. The molecule has 2 rings (SSSR count). The number of benzene rings is 2. The number of imide groups is 1. The van der Waals surface area contributed by atoms with Gasteiger partial charge in [0, 0.05) is 0 Å². The summed E-state index contributed by atoms with van der Waals surface area (Å²) < 4.78 is 23.2. The van der Waals surface area contributed by atoms with E-state index in [1.54, 1.807) is 12.1 Å². The second-order valence-electron chi connectivity index (χ2n) is 5.04. The van der Waals surface area contributed by atoms with Gasteiger partial charge in [0.05, 0.1) is 11.3 Å². The van der Waals surface area contributed by atoms with Gasteiger partial charge in [-0.15, -0.1) is 0 Å². The van der Waals surface area contributed by atoms with Gasteiger partial charge in [0.15, 0.2) is 13.2 Å². The molecule has 2 aromatic carbocycles. The van der Waals surface area contributed by atoms with Gasteiger partial charge < -0.3 is 14.8 Å². The Morgan fingerprint density at radius 3 is 2.48 bits per heavy atom. The molecular weight excluding hydrogens is 357 g/mol. The van der Waals surface area contributed by atoms with Crippen LogP contribution in [0.1, 0.15) is 5.56 Å². The van der Waals surface area contributed by atoms with Gasteiger partial charge in [-0.1, -0.05) is 24.3 Å². The predicted molar refractivity (Wildman–Crippen MR) is 91.2 cm³/mol. The Bertz CT molecular complexity index is 895. The van der Waals surface area contributed by atoms with E-state index >= 15 is 0 Å². The van der Waals surface area contributed by atoms with Crippen LogP contribution in [0.25, 0.3) is 0 Å². The molecule has 27 heavy (non-hydrogen) atoms. The molecule has 9 heteroatoms. The van der Waals surface area contributed by atoms with E-state index in [0.29, 0.717) is 0 Å². The molecule has 0 saturated heterocycles. The number of amides is 3. The van der Waals surface area contributed by atoms with Gasteiger partial charge in [0.1, 0.15) is 17.6 Å². The minimum absolute atomic E-state index is 0.107. The molecule has 2 aromatic rings. The van der Waals surface area contributed by atoms with E-state index in [2.05, 4.69) is 10.1 Å². The number of esters is 1. The van der Waals surface area contributed by atoms with Gasteiger partial charge in [-0.25, -0.2) is 14.0 Å². The highest BCUT2D eigenvalue weighted by molar-refractivity contribution is 6.01. The number of hydrogen-bond acceptors (Lipinski definition) is 6. The molecule has 0 fully saturated rings. The summed E-state index contributed by atoms with van der Waals surface area (Å²) in [4.78, 5) is 34.8. The molecule has 0 heterocycles. The lowest BCUT2D eigenvalue weighted by molar-refractivity contribution is -0.150. The number of nitriles is 1. The van der Waals surface area contributed by atoms with E-state index in [4.69, 9.17) is 10.00 Å². The fraction of sp³-hybridized carbons (Fsp3) is 0.111. The second kappa shape index (κ2) is 9.53. The van der Waals surface area contributed by atoms with Crippen molar-refractivity contribution < 1.29 is 28.2 Å². The third-order valence-corrected chi connectivity index (χ3v) is 3.09. The Balaban J connectivity index is 1.73. The van der Waals surface area contributed by atoms with Crippen molar-refractivity contribution in [2.75, 3.05) is 18.5 Å². The average molecular weight is 371 g/mol. The number of para-hydroxylation sites is 2. The van der Waals surface area contributed by atoms with Gasteiger partial charge in [0.25, 0.3) is 5.91 Å². The van der Waals surface area contributed by atoms with Crippen LogP contribution in [0.4, 0.5) is 14.9 Å². The topological polar surface area (TPSA) is 118 Å².